The van der Waals surface area contributed by atoms with Crippen LogP contribution in [0, 0.1) is 0 Å². The van der Waals surface area contributed by atoms with E-state index in [9.17, 15) is 8.78 Å². The quantitative estimate of drug-likeness (QED) is 0.794. The van der Waals surface area contributed by atoms with Crippen molar-refractivity contribution in [1.29, 1.82) is 0 Å². The van der Waals surface area contributed by atoms with Crippen molar-refractivity contribution in [2.45, 2.75) is 13.0 Å². The van der Waals surface area contributed by atoms with E-state index in [1.807, 2.05) is 12.1 Å². The third-order valence-electron chi connectivity index (χ3n) is 2.38. The van der Waals surface area contributed by atoms with Gasteiger partial charge in [0, 0.05) is 13.1 Å². The summed E-state index contributed by atoms with van der Waals surface area (Å²) in [5.74, 6) is 0.733. The van der Waals surface area contributed by atoms with Crippen LogP contribution in [0.25, 0.3) is 0 Å². The Morgan fingerprint density at radius 1 is 1.29 bits per heavy atom. The molecule has 17 heavy (non-hydrogen) atoms. The second-order valence-corrected chi connectivity index (χ2v) is 3.70. The summed E-state index contributed by atoms with van der Waals surface area (Å²) < 4.78 is 29.6. The first-order valence-corrected chi connectivity index (χ1v) is 5.40. The van der Waals surface area contributed by atoms with Crippen molar-refractivity contribution >= 4 is 0 Å². The minimum atomic E-state index is -2.39. The third kappa shape index (κ3) is 5.10. The van der Waals surface area contributed by atoms with Crippen molar-refractivity contribution in [3.8, 4) is 5.75 Å². The zero-order chi connectivity index (χ0) is 12.7. The molecule has 5 heteroatoms. The van der Waals surface area contributed by atoms with Gasteiger partial charge in [-0.15, -0.1) is 0 Å². The molecule has 0 aliphatic rings. The number of ether oxygens (including phenoxy) is 1. The molecule has 0 radical (unpaired) electrons. The Hall–Kier alpha value is -1.20. The molecule has 0 aliphatic carbocycles. The Balaban J connectivity index is 2.58. The van der Waals surface area contributed by atoms with Crippen LogP contribution in [-0.4, -0.2) is 43.2 Å². The van der Waals surface area contributed by atoms with Crippen LogP contribution in [-0.2, 0) is 6.54 Å². The Morgan fingerprint density at radius 2 is 1.94 bits per heavy atom. The molecule has 0 saturated carbocycles. The van der Waals surface area contributed by atoms with Crippen LogP contribution in [0.15, 0.2) is 24.3 Å². The number of hydrogen-bond acceptors (Lipinski definition) is 3. The van der Waals surface area contributed by atoms with E-state index in [1.54, 1.807) is 19.2 Å². The smallest absolute Gasteiger partial charge is 0.251 e. The van der Waals surface area contributed by atoms with E-state index in [0.29, 0.717) is 6.54 Å². The maximum Gasteiger partial charge on any atom is 0.251 e. The van der Waals surface area contributed by atoms with Gasteiger partial charge < -0.3 is 9.84 Å². The molecule has 1 rings (SSSR count). The lowest BCUT2D eigenvalue weighted by molar-refractivity contribution is 0.0746. The summed E-state index contributed by atoms with van der Waals surface area (Å²) in [4.78, 5) is 1.52. The highest BCUT2D eigenvalue weighted by Gasteiger charge is 2.11. The number of aliphatic hydroxyl groups excluding tert-OH is 1. The lowest BCUT2D eigenvalue weighted by Gasteiger charge is -2.20. The monoisotopic (exact) mass is 245 g/mol. The number of benzene rings is 1. The van der Waals surface area contributed by atoms with Gasteiger partial charge in [-0.1, -0.05) is 12.1 Å². The zero-order valence-electron chi connectivity index (χ0n) is 9.77. The number of rotatable bonds is 7. The highest BCUT2D eigenvalue weighted by atomic mass is 19.3. The molecule has 0 atom stereocenters. The molecule has 1 aromatic carbocycles. The zero-order valence-corrected chi connectivity index (χ0v) is 9.77. The standard InChI is InChI=1S/C12H17F2NO2/c1-17-11-4-2-10(3-5-11)8-15(6-7-16)9-12(13)14/h2-5,12,16H,6-9H2,1H3. The number of hydrogen-bond donors (Lipinski definition) is 1. The average molecular weight is 245 g/mol. The van der Waals surface area contributed by atoms with Gasteiger partial charge in [0.1, 0.15) is 5.75 Å². The molecule has 0 saturated heterocycles. The van der Waals surface area contributed by atoms with Crippen molar-refractivity contribution in [2.24, 2.45) is 0 Å². The Labute approximate surface area is 99.6 Å². The molecular formula is C12H17F2NO2. The lowest BCUT2D eigenvalue weighted by atomic mass is 10.2. The Kier molecular flexibility index (Phi) is 5.86. The van der Waals surface area contributed by atoms with Crippen molar-refractivity contribution in [2.75, 3.05) is 26.8 Å². The summed E-state index contributed by atoms with van der Waals surface area (Å²) in [7, 11) is 1.57. The highest BCUT2D eigenvalue weighted by Crippen LogP contribution is 2.13. The van der Waals surface area contributed by atoms with Crippen molar-refractivity contribution in [1.82, 2.24) is 4.90 Å². The van der Waals surface area contributed by atoms with Crippen LogP contribution in [0.5, 0.6) is 5.75 Å². The van der Waals surface area contributed by atoms with Gasteiger partial charge in [0.05, 0.1) is 20.3 Å². The summed E-state index contributed by atoms with van der Waals surface area (Å²) in [5, 5.41) is 8.80. The van der Waals surface area contributed by atoms with Gasteiger partial charge in [0.2, 0.25) is 0 Å². The highest BCUT2D eigenvalue weighted by molar-refractivity contribution is 5.27. The normalized spacial score (nSPS) is 11.2. The predicted octanol–water partition coefficient (Wildman–Crippen LogP) is 1.75. The van der Waals surface area contributed by atoms with E-state index in [0.717, 1.165) is 11.3 Å². The molecule has 1 aromatic rings. The molecule has 0 fully saturated rings. The molecule has 0 aliphatic heterocycles. The lowest BCUT2D eigenvalue weighted by Crippen LogP contribution is -2.31. The first-order chi connectivity index (χ1) is 8.15. The predicted molar refractivity (Wildman–Crippen MR) is 61.4 cm³/mol. The number of nitrogens with zero attached hydrogens (tertiary/aromatic N) is 1. The average Bonchev–Trinajstić information content (AvgIpc) is 2.29. The van der Waals surface area contributed by atoms with E-state index in [4.69, 9.17) is 9.84 Å². The third-order valence-corrected chi connectivity index (χ3v) is 2.38. The number of aliphatic hydroxyl groups is 1. The summed E-state index contributed by atoms with van der Waals surface area (Å²) in [6, 6.07) is 7.23. The summed E-state index contributed by atoms with van der Waals surface area (Å²) in [6.45, 7) is 0.195. The van der Waals surface area contributed by atoms with Crippen molar-refractivity contribution in [3.63, 3.8) is 0 Å². The molecular weight excluding hydrogens is 228 g/mol. The minimum absolute atomic E-state index is 0.122. The van der Waals surface area contributed by atoms with Gasteiger partial charge in [0.25, 0.3) is 6.43 Å². The topological polar surface area (TPSA) is 32.7 Å². The fourth-order valence-corrected chi connectivity index (χ4v) is 1.56. The number of alkyl halides is 2. The summed E-state index contributed by atoms with van der Waals surface area (Å²) in [6.07, 6.45) is -2.39. The van der Waals surface area contributed by atoms with Gasteiger partial charge in [-0.25, -0.2) is 8.78 Å². The molecule has 0 spiro atoms. The van der Waals surface area contributed by atoms with E-state index < -0.39 is 6.43 Å². The van der Waals surface area contributed by atoms with Gasteiger partial charge >= 0.3 is 0 Å². The Bertz CT molecular complexity index is 317. The van der Waals surface area contributed by atoms with E-state index in [2.05, 4.69) is 0 Å². The molecule has 0 amide bonds. The van der Waals surface area contributed by atoms with Crippen LogP contribution in [0.4, 0.5) is 8.78 Å². The minimum Gasteiger partial charge on any atom is -0.497 e. The first-order valence-electron chi connectivity index (χ1n) is 5.40. The SMILES string of the molecule is COc1ccc(CN(CCO)CC(F)F)cc1. The first kappa shape index (κ1) is 13.9. The fourth-order valence-electron chi connectivity index (χ4n) is 1.56. The van der Waals surface area contributed by atoms with Gasteiger partial charge in [-0.2, -0.15) is 0 Å². The van der Waals surface area contributed by atoms with Crippen molar-refractivity contribution in [3.05, 3.63) is 29.8 Å². The number of halogens is 2. The molecule has 1 N–H and O–H groups in total. The largest absolute Gasteiger partial charge is 0.497 e. The molecule has 96 valence electrons. The second-order valence-electron chi connectivity index (χ2n) is 3.70. The summed E-state index contributed by atoms with van der Waals surface area (Å²) in [5.41, 5.74) is 0.917. The Morgan fingerprint density at radius 3 is 2.41 bits per heavy atom. The molecule has 3 nitrogen and oxygen atoms in total. The van der Waals surface area contributed by atoms with Gasteiger partial charge in [-0.05, 0) is 17.7 Å². The molecule has 0 aromatic heterocycles. The molecule has 0 heterocycles. The van der Waals surface area contributed by atoms with E-state index >= 15 is 0 Å². The molecule has 0 unspecified atom stereocenters. The van der Waals surface area contributed by atoms with Crippen LogP contribution in [0.3, 0.4) is 0 Å². The van der Waals surface area contributed by atoms with Crippen LogP contribution in [0.2, 0.25) is 0 Å². The van der Waals surface area contributed by atoms with Gasteiger partial charge in [0.15, 0.2) is 0 Å². The second kappa shape index (κ2) is 7.19. The van der Waals surface area contributed by atoms with E-state index in [1.165, 1.54) is 4.90 Å². The summed E-state index contributed by atoms with van der Waals surface area (Å²) >= 11 is 0. The maximum absolute atomic E-state index is 12.3. The van der Waals surface area contributed by atoms with Crippen LogP contribution >= 0.6 is 0 Å². The van der Waals surface area contributed by atoms with Crippen LogP contribution < -0.4 is 4.74 Å². The fraction of sp³-hybridized carbons (Fsp3) is 0.500. The van der Waals surface area contributed by atoms with E-state index in [-0.39, 0.29) is 19.7 Å². The van der Waals surface area contributed by atoms with Gasteiger partial charge in [-0.3, -0.25) is 4.90 Å². The maximum atomic E-state index is 12.3. The van der Waals surface area contributed by atoms with Crippen molar-refractivity contribution < 1.29 is 18.6 Å². The van der Waals surface area contributed by atoms with Crippen LogP contribution in [0.1, 0.15) is 5.56 Å². The molecule has 0 bridgehead atoms. The number of methoxy groups -OCH3 is 1.